The predicted molar refractivity (Wildman–Crippen MR) is 96.1 cm³/mol. The molecule has 0 aliphatic carbocycles. The van der Waals surface area contributed by atoms with E-state index in [0.717, 1.165) is 45.3 Å². The monoisotopic (exact) mass is 398 g/mol. The molecule has 3 rings (SSSR count). The lowest BCUT2D eigenvalue weighted by molar-refractivity contribution is -0.187. The fourth-order valence-electron chi connectivity index (χ4n) is 3.94. The summed E-state index contributed by atoms with van der Waals surface area (Å²) < 4.78 is 39.1. The Labute approximate surface area is 162 Å². The van der Waals surface area contributed by atoms with Crippen LogP contribution in [0.1, 0.15) is 31.4 Å². The topological polar surface area (TPSA) is 56.8 Å². The van der Waals surface area contributed by atoms with E-state index in [1.807, 2.05) is 0 Å². The van der Waals surface area contributed by atoms with Gasteiger partial charge < -0.3 is 14.7 Å². The molecule has 0 N–H and O–H groups in total. The first kappa shape index (κ1) is 20.6. The first-order valence-electron chi connectivity index (χ1n) is 9.62. The van der Waals surface area contributed by atoms with Crippen LogP contribution in [0.2, 0.25) is 0 Å². The van der Waals surface area contributed by atoms with E-state index in [2.05, 4.69) is 9.88 Å². The lowest BCUT2D eigenvalue weighted by atomic mass is 10.2. The van der Waals surface area contributed by atoms with Gasteiger partial charge in [-0.05, 0) is 50.9 Å². The van der Waals surface area contributed by atoms with Crippen LogP contribution < -0.4 is 0 Å². The van der Waals surface area contributed by atoms with Crippen LogP contribution in [0.25, 0.3) is 0 Å². The highest BCUT2D eigenvalue weighted by Gasteiger charge is 2.44. The molecular formula is C19H25F3N4O2. The van der Waals surface area contributed by atoms with Crippen LogP contribution in [0.4, 0.5) is 13.2 Å². The zero-order chi connectivity index (χ0) is 20.1. The molecule has 2 saturated heterocycles. The van der Waals surface area contributed by atoms with Crippen molar-refractivity contribution < 1.29 is 22.8 Å². The van der Waals surface area contributed by atoms with Gasteiger partial charge in [-0.15, -0.1) is 0 Å². The van der Waals surface area contributed by atoms with Crippen LogP contribution in [0, 0.1) is 0 Å². The minimum atomic E-state index is -5.03. The van der Waals surface area contributed by atoms with Crippen molar-refractivity contribution in [1.29, 1.82) is 0 Å². The highest BCUT2D eigenvalue weighted by molar-refractivity contribution is 5.87. The second kappa shape index (κ2) is 8.89. The molecular weight excluding hydrogens is 373 g/mol. The fourth-order valence-corrected chi connectivity index (χ4v) is 3.94. The van der Waals surface area contributed by atoms with Crippen molar-refractivity contribution >= 4 is 11.8 Å². The van der Waals surface area contributed by atoms with E-state index in [1.54, 1.807) is 17.0 Å². The number of pyridine rings is 1. The number of carbonyl (C=O) groups is 2. The van der Waals surface area contributed by atoms with Crippen LogP contribution in [0.3, 0.4) is 0 Å². The summed E-state index contributed by atoms with van der Waals surface area (Å²) in [6, 6.07) is 4.81. The summed E-state index contributed by atoms with van der Waals surface area (Å²) in [6.45, 7) is 2.32. The number of carbonyl (C=O) groups excluding carboxylic acids is 2. The number of likely N-dealkylation sites (tertiary alicyclic amines) is 2. The molecule has 1 aromatic heterocycles. The number of aromatic nitrogens is 1. The normalized spacial score (nSPS) is 20.5. The standard InChI is InChI=1S/C19H25F3N4O2/c20-19(21,22)18(28)25(12-15-6-1-2-8-23-15)14-17(27)26-11-5-7-16(26)13-24-9-3-4-10-24/h1-2,6,8,16H,3-5,7,9-14H2/t16-/m1/s1. The van der Waals surface area contributed by atoms with Gasteiger partial charge in [0.15, 0.2) is 0 Å². The molecule has 0 bridgehead atoms. The van der Waals surface area contributed by atoms with Gasteiger partial charge in [0.05, 0.1) is 12.2 Å². The maximum Gasteiger partial charge on any atom is 0.471 e. The molecule has 28 heavy (non-hydrogen) atoms. The van der Waals surface area contributed by atoms with Crippen molar-refractivity contribution in [1.82, 2.24) is 19.7 Å². The smallest absolute Gasteiger partial charge is 0.337 e. The number of rotatable bonds is 6. The number of alkyl halides is 3. The summed E-state index contributed by atoms with van der Waals surface area (Å²) in [5.74, 6) is -2.45. The Morgan fingerprint density at radius 2 is 1.89 bits per heavy atom. The second-order valence-corrected chi connectivity index (χ2v) is 7.37. The Balaban J connectivity index is 1.68. The summed E-state index contributed by atoms with van der Waals surface area (Å²) in [5, 5.41) is 0. The molecule has 2 aliphatic rings. The van der Waals surface area contributed by atoms with Crippen LogP contribution >= 0.6 is 0 Å². The minimum Gasteiger partial charge on any atom is -0.337 e. The van der Waals surface area contributed by atoms with Gasteiger partial charge in [0, 0.05) is 25.3 Å². The number of amides is 2. The molecule has 154 valence electrons. The lowest BCUT2D eigenvalue weighted by Gasteiger charge is -2.31. The number of hydrogen-bond acceptors (Lipinski definition) is 4. The fraction of sp³-hybridized carbons (Fsp3) is 0.632. The Hall–Kier alpha value is -2.16. The molecule has 0 aromatic carbocycles. The quantitative estimate of drug-likeness (QED) is 0.736. The molecule has 3 heterocycles. The highest BCUT2D eigenvalue weighted by atomic mass is 19.4. The molecule has 0 saturated carbocycles. The molecule has 6 nitrogen and oxygen atoms in total. The van der Waals surface area contributed by atoms with E-state index in [1.165, 1.54) is 12.3 Å². The third kappa shape index (κ3) is 5.21. The average Bonchev–Trinajstić information content (AvgIpc) is 3.33. The molecule has 0 radical (unpaired) electrons. The Morgan fingerprint density at radius 3 is 2.54 bits per heavy atom. The lowest BCUT2D eigenvalue weighted by Crippen LogP contribution is -2.49. The summed E-state index contributed by atoms with van der Waals surface area (Å²) in [7, 11) is 0. The van der Waals surface area contributed by atoms with Gasteiger partial charge in [-0.3, -0.25) is 14.6 Å². The first-order valence-corrected chi connectivity index (χ1v) is 9.62. The van der Waals surface area contributed by atoms with E-state index >= 15 is 0 Å². The maximum absolute atomic E-state index is 13.0. The molecule has 0 spiro atoms. The van der Waals surface area contributed by atoms with Crippen LogP contribution in [0.5, 0.6) is 0 Å². The van der Waals surface area contributed by atoms with Crippen molar-refractivity contribution in [2.75, 3.05) is 32.7 Å². The number of nitrogens with zero attached hydrogens (tertiary/aromatic N) is 4. The summed E-state index contributed by atoms with van der Waals surface area (Å²) in [6.07, 6.45) is 0.361. The molecule has 2 amide bonds. The molecule has 1 atom stereocenters. The summed E-state index contributed by atoms with van der Waals surface area (Å²) in [5.41, 5.74) is 0.308. The van der Waals surface area contributed by atoms with Crippen molar-refractivity contribution in [3.05, 3.63) is 30.1 Å². The SMILES string of the molecule is O=C(CN(Cc1ccccn1)C(=O)C(F)(F)F)N1CCC[C@@H]1CN1CCCC1. The Bertz CT molecular complexity index is 678. The van der Waals surface area contributed by atoms with Gasteiger partial charge in [0.1, 0.15) is 6.54 Å². The van der Waals surface area contributed by atoms with Gasteiger partial charge in [-0.25, -0.2) is 0 Å². The van der Waals surface area contributed by atoms with Crippen molar-refractivity contribution in [2.45, 2.75) is 44.4 Å². The van der Waals surface area contributed by atoms with E-state index in [-0.39, 0.29) is 12.6 Å². The van der Waals surface area contributed by atoms with Gasteiger partial charge in [0.2, 0.25) is 5.91 Å². The number of halogens is 3. The van der Waals surface area contributed by atoms with Crippen LogP contribution in [-0.2, 0) is 16.1 Å². The molecule has 0 unspecified atom stereocenters. The van der Waals surface area contributed by atoms with Crippen LogP contribution in [-0.4, -0.2) is 76.4 Å². The Kier molecular flexibility index (Phi) is 6.53. The second-order valence-electron chi connectivity index (χ2n) is 7.37. The number of hydrogen-bond donors (Lipinski definition) is 0. The maximum atomic E-state index is 13.0. The minimum absolute atomic E-state index is 0.00305. The zero-order valence-electron chi connectivity index (χ0n) is 15.7. The largest absolute Gasteiger partial charge is 0.471 e. The highest BCUT2D eigenvalue weighted by Crippen LogP contribution is 2.23. The van der Waals surface area contributed by atoms with Crippen molar-refractivity contribution in [3.63, 3.8) is 0 Å². The van der Waals surface area contributed by atoms with Crippen molar-refractivity contribution in [2.24, 2.45) is 0 Å². The van der Waals surface area contributed by atoms with Gasteiger partial charge in [-0.2, -0.15) is 13.2 Å². The molecule has 1 aromatic rings. The molecule has 9 heteroatoms. The average molecular weight is 398 g/mol. The first-order chi connectivity index (χ1) is 13.3. The van der Waals surface area contributed by atoms with Gasteiger partial charge in [-0.1, -0.05) is 6.07 Å². The van der Waals surface area contributed by atoms with E-state index < -0.39 is 24.5 Å². The van der Waals surface area contributed by atoms with Gasteiger partial charge >= 0.3 is 12.1 Å². The predicted octanol–water partition coefficient (Wildman–Crippen LogP) is 2.06. The third-order valence-electron chi connectivity index (χ3n) is 5.30. The molecule has 2 aliphatic heterocycles. The van der Waals surface area contributed by atoms with Crippen molar-refractivity contribution in [3.8, 4) is 0 Å². The zero-order valence-corrected chi connectivity index (χ0v) is 15.7. The van der Waals surface area contributed by atoms with Gasteiger partial charge in [0.25, 0.3) is 0 Å². The Morgan fingerprint density at radius 1 is 1.14 bits per heavy atom. The van der Waals surface area contributed by atoms with Crippen LogP contribution in [0.15, 0.2) is 24.4 Å². The summed E-state index contributed by atoms with van der Waals surface area (Å²) >= 11 is 0. The third-order valence-corrected chi connectivity index (χ3v) is 5.30. The van der Waals surface area contributed by atoms with E-state index in [4.69, 9.17) is 0 Å². The van der Waals surface area contributed by atoms with E-state index in [0.29, 0.717) is 17.1 Å². The van der Waals surface area contributed by atoms with E-state index in [9.17, 15) is 22.8 Å². The molecule has 2 fully saturated rings. The summed E-state index contributed by atoms with van der Waals surface area (Å²) in [4.78, 5) is 33.1.